The number of anilines is 1. The van der Waals surface area contributed by atoms with Crippen LogP contribution in [-0.2, 0) is 9.47 Å². The van der Waals surface area contributed by atoms with Gasteiger partial charge in [-0.3, -0.25) is 0 Å². The number of hydrogen-bond donors (Lipinski definition) is 1. The zero-order valence-electron chi connectivity index (χ0n) is 15.8. The summed E-state index contributed by atoms with van der Waals surface area (Å²) in [5, 5.41) is 5.15. The number of ether oxygens (including phenoxy) is 2. The number of benzene rings is 2. The normalized spacial score (nSPS) is 17.4. The zero-order chi connectivity index (χ0) is 19.3. The largest absolute Gasteiger partial charge is 0.381 e. The van der Waals surface area contributed by atoms with E-state index >= 15 is 0 Å². The number of nitrogens with zero attached hydrogens (tertiary/aromatic N) is 2. The molecule has 2 heterocycles. The third kappa shape index (κ3) is 4.43. The Labute approximate surface area is 170 Å². The molecule has 0 radical (unpaired) electrons. The molecule has 1 aromatic heterocycles. The minimum atomic E-state index is -0.0957. The van der Waals surface area contributed by atoms with Crippen LogP contribution in [0.15, 0.2) is 54.9 Å². The second-order valence-corrected chi connectivity index (χ2v) is 7.53. The average Bonchev–Trinajstić information content (AvgIpc) is 2.73. The van der Waals surface area contributed by atoms with Crippen molar-refractivity contribution < 1.29 is 9.47 Å². The molecule has 0 aliphatic carbocycles. The molecule has 0 bridgehead atoms. The van der Waals surface area contributed by atoms with Crippen molar-refractivity contribution >= 4 is 28.3 Å². The molecule has 5 nitrogen and oxygen atoms in total. The van der Waals surface area contributed by atoms with Crippen LogP contribution in [0, 0.1) is 0 Å². The third-order valence-electron chi connectivity index (χ3n) is 5.05. The lowest BCUT2D eigenvalue weighted by Gasteiger charge is -2.32. The molecule has 1 aliphatic rings. The van der Waals surface area contributed by atoms with Gasteiger partial charge in [0.2, 0.25) is 0 Å². The fourth-order valence-electron chi connectivity index (χ4n) is 3.58. The summed E-state index contributed by atoms with van der Waals surface area (Å²) in [5.74, 6) is 0.783. The van der Waals surface area contributed by atoms with E-state index in [0.29, 0.717) is 5.02 Å². The molecular formula is C22H24ClN3O2. The van der Waals surface area contributed by atoms with Gasteiger partial charge in [0.15, 0.2) is 0 Å². The highest BCUT2D eigenvalue weighted by molar-refractivity contribution is 6.31. The predicted octanol–water partition coefficient (Wildman–Crippen LogP) is 5.02. The molecule has 6 heteroatoms. The van der Waals surface area contributed by atoms with E-state index in [1.54, 1.807) is 6.33 Å². The Kier molecular flexibility index (Phi) is 6.05. The lowest BCUT2D eigenvalue weighted by molar-refractivity contribution is -0.0738. The maximum absolute atomic E-state index is 6.54. The van der Waals surface area contributed by atoms with Crippen LogP contribution in [-0.4, -0.2) is 35.3 Å². The lowest BCUT2D eigenvalue weighted by atomic mass is 10.0. The smallest absolute Gasteiger partial charge is 0.137 e. The summed E-state index contributed by atoms with van der Waals surface area (Å²) in [7, 11) is 0. The summed E-state index contributed by atoms with van der Waals surface area (Å²) in [4.78, 5) is 8.78. The van der Waals surface area contributed by atoms with Crippen LogP contribution in [0.4, 0.5) is 5.82 Å². The number of aromatic nitrogens is 2. The molecule has 2 unspecified atom stereocenters. The van der Waals surface area contributed by atoms with E-state index < -0.39 is 0 Å². The highest BCUT2D eigenvalue weighted by Gasteiger charge is 2.26. The first-order valence-electron chi connectivity index (χ1n) is 9.65. The van der Waals surface area contributed by atoms with Crippen LogP contribution in [0.1, 0.15) is 31.4 Å². The highest BCUT2D eigenvalue weighted by Crippen LogP contribution is 2.30. The minimum Gasteiger partial charge on any atom is -0.381 e. The van der Waals surface area contributed by atoms with Gasteiger partial charge in [0.05, 0.1) is 17.7 Å². The number of fused-ring (bicyclic) bond motifs is 1. The van der Waals surface area contributed by atoms with Gasteiger partial charge >= 0.3 is 0 Å². The molecule has 1 saturated heterocycles. The number of halogens is 1. The van der Waals surface area contributed by atoms with Crippen LogP contribution in [0.25, 0.3) is 10.9 Å². The molecular weight excluding hydrogens is 374 g/mol. The van der Waals surface area contributed by atoms with E-state index in [-0.39, 0.29) is 18.2 Å². The standard InChI is InChI=1S/C22H24ClN3O2/c1-15(26-22-19-8-7-17(23)13-20(19)24-14-25-22)21(16-5-3-2-4-6-16)28-18-9-11-27-12-10-18/h2-8,13-15,18,21H,9-12H2,1H3,(H,24,25,26). The van der Waals surface area contributed by atoms with Gasteiger partial charge in [-0.1, -0.05) is 41.9 Å². The van der Waals surface area contributed by atoms with Gasteiger partial charge in [-0.05, 0) is 43.5 Å². The Hall–Kier alpha value is -2.21. The molecule has 1 N–H and O–H groups in total. The molecule has 1 aliphatic heterocycles. The van der Waals surface area contributed by atoms with E-state index in [1.807, 2.05) is 36.4 Å². The van der Waals surface area contributed by atoms with E-state index in [4.69, 9.17) is 21.1 Å². The maximum atomic E-state index is 6.54. The molecule has 0 spiro atoms. The second-order valence-electron chi connectivity index (χ2n) is 7.10. The Morgan fingerprint density at radius 2 is 1.89 bits per heavy atom. The van der Waals surface area contributed by atoms with Gasteiger partial charge in [0, 0.05) is 23.6 Å². The van der Waals surface area contributed by atoms with Crippen molar-refractivity contribution in [3.05, 3.63) is 65.4 Å². The number of nitrogens with one attached hydrogen (secondary N) is 1. The zero-order valence-corrected chi connectivity index (χ0v) is 16.6. The number of rotatable bonds is 6. The number of hydrogen-bond acceptors (Lipinski definition) is 5. The summed E-state index contributed by atoms with van der Waals surface area (Å²) in [6, 6.07) is 16.0. The molecule has 3 aromatic rings. The Morgan fingerprint density at radius 1 is 1.11 bits per heavy atom. The Balaban J connectivity index is 1.59. The molecule has 28 heavy (non-hydrogen) atoms. The van der Waals surface area contributed by atoms with Crippen molar-refractivity contribution in [1.29, 1.82) is 0 Å². The first-order valence-corrected chi connectivity index (χ1v) is 10.0. The van der Waals surface area contributed by atoms with Crippen LogP contribution in [0.5, 0.6) is 0 Å². The van der Waals surface area contributed by atoms with Gasteiger partial charge in [-0.15, -0.1) is 0 Å². The first-order chi connectivity index (χ1) is 13.7. The van der Waals surface area contributed by atoms with Crippen molar-refractivity contribution in [3.8, 4) is 0 Å². The summed E-state index contributed by atoms with van der Waals surface area (Å²) in [6.07, 6.45) is 3.51. The van der Waals surface area contributed by atoms with E-state index in [1.165, 1.54) is 0 Å². The van der Waals surface area contributed by atoms with Crippen LogP contribution >= 0.6 is 11.6 Å². The first kappa shape index (κ1) is 19.1. The molecule has 1 fully saturated rings. The lowest BCUT2D eigenvalue weighted by Crippen LogP contribution is -2.33. The van der Waals surface area contributed by atoms with E-state index in [9.17, 15) is 0 Å². The SMILES string of the molecule is CC(Nc1ncnc2cc(Cl)ccc12)C(OC1CCOCC1)c1ccccc1. The molecule has 4 rings (SSSR count). The highest BCUT2D eigenvalue weighted by atomic mass is 35.5. The second kappa shape index (κ2) is 8.86. The van der Waals surface area contributed by atoms with Gasteiger partial charge in [0.25, 0.3) is 0 Å². The summed E-state index contributed by atoms with van der Waals surface area (Å²) >= 11 is 6.10. The minimum absolute atomic E-state index is 0.0130. The monoisotopic (exact) mass is 397 g/mol. The van der Waals surface area contributed by atoms with Gasteiger partial charge in [-0.25, -0.2) is 9.97 Å². The molecule has 2 atom stereocenters. The Morgan fingerprint density at radius 3 is 2.68 bits per heavy atom. The van der Waals surface area contributed by atoms with Crippen molar-refractivity contribution in [2.24, 2.45) is 0 Å². The topological polar surface area (TPSA) is 56.3 Å². The van der Waals surface area contributed by atoms with E-state index in [2.05, 4.69) is 34.3 Å². The van der Waals surface area contributed by atoms with Crippen molar-refractivity contribution in [2.45, 2.75) is 38.0 Å². The van der Waals surface area contributed by atoms with Crippen LogP contribution in [0.2, 0.25) is 5.02 Å². The van der Waals surface area contributed by atoms with Crippen molar-refractivity contribution in [2.75, 3.05) is 18.5 Å². The van der Waals surface area contributed by atoms with Crippen LogP contribution in [0.3, 0.4) is 0 Å². The van der Waals surface area contributed by atoms with E-state index in [0.717, 1.165) is 48.3 Å². The van der Waals surface area contributed by atoms with Gasteiger partial charge in [0.1, 0.15) is 18.2 Å². The van der Waals surface area contributed by atoms with Crippen molar-refractivity contribution in [1.82, 2.24) is 9.97 Å². The third-order valence-corrected chi connectivity index (χ3v) is 5.29. The Bertz CT molecular complexity index is 916. The summed E-state index contributed by atoms with van der Waals surface area (Å²) in [6.45, 7) is 3.64. The van der Waals surface area contributed by atoms with Crippen LogP contribution < -0.4 is 5.32 Å². The molecule has 0 saturated carbocycles. The predicted molar refractivity (Wildman–Crippen MR) is 112 cm³/mol. The average molecular weight is 398 g/mol. The summed E-state index contributed by atoms with van der Waals surface area (Å²) in [5.41, 5.74) is 1.97. The fourth-order valence-corrected chi connectivity index (χ4v) is 3.75. The molecule has 146 valence electrons. The summed E-state index contributed by atoms with van der Waals surface area (Å²) < 4.78 is 12.0. The quantitative estimate of drug-likeness (QED) is 0.632. The maximum Gasteiger partial charge on any atom is 0.137 e. The van der Waals surface area contributed by atoms with Gasteiger partial charge in [-0.2, -0.15) is 0 Å². The fraction of sp³-hybridized carbons (Fsp3) is 0.364. The van der Waals surface area contributed by atoms with Crippen molar-refractivity contribution in [3.63, 3.8) is 0 Å². The molecule has 2 aromatic carbocycles. The van der Waals surface area contributed by atoms with Gasteiger partial charge < -0.3 is 14.8 Å². The molecule has 0 amide bonds.